The molecule has 0 aromatic carbocycles. The summed E-state index contributed by atoms with van der Waals surface area (Å²) in [7, 11) is 0. The molecule has 13 heavy (non-hydrogen) atoms. The molecule has 1 atom stereocenters. The predicted octanol–water partition coefficient (Wildman–Crippen LogP) is 1.66. The summed E-state index contributed by atoms with van der Waals surface area (Å²) in [6, 6.07) is 0. The average molecular weight is 181 g/mol. The average Bonchev–Trinajstić information content (AvgIpc) is 2.12. The molecule has 1 amide bonds. The molecule has 0 saturated heterocycles. The molecule has 0 aliphatic carbocycles. The maximum atomic E-state index is 11.2. The molecule has 0 fully saturated rings. The highest BCUT2D eigenvalue weighted by Crippen LogP contribution is 2.14. The number of rotatable bonds is 4. The van der Waals surface area contributed by atoms with Gasteiger partial charge in [0.2, 0.25) is 0 Å². The third-order valence-corrected chi connectivity index (χ3v) is 1.32. The van der Waals surface area contributed by atoms with E-state index in [0.717, 1.165) is 12.2 Å². The number of allylic oxidation sites excluding steroid dienone is 3. The van der Waals surface area contributed by atoms with E-state index in [2.05, 4.69) is 19.7 Å². The van der Waals surface area contributed by atoms with E-state index in [1.165, 1.54) is 12.2 Å². The standard InChI is InChI=1S/C9H11NO3/c1-4-7-8(5-2)10(12,13)9(11)6-3/h4-7,12H,1-3H2. The van der Waals surface area contributed by atoms with Crippen LogP contribution in [0.4, 0.5) is 0 Å². The normalized spacial score (nSPS) is 15.7. The van der Waals surface area contributed by atoms with Crippen LogP contribution in [0.15, 0.2) is 49.7 Å². The zero-order chi connectivity index (χ0) is 10.5. The number of hydrogen-bond acceptors (Lipinski definition) is 3. The van der Waals surface area contributed by atoms with Gasteiger partial charge in [0, 0.05) is 12.2 Å². The van der Waals surface area contributed by atoms with Gasteiger partial charge in [0.25, 0.3) is 0 Å². The fraction of sp³-hybridized carbons (Fsp3) is 0. The second-order valence-electron chi connectivity index (χ2n) is 2.15. The molecule has 0 bridgehead atoms. The van der Waals surface area contributed by atoms with Crippen molar-refractivity contribution < 1.29 is 14.8 Å². The Bertz CT molecular complexity index is 277. The molecular formula is C9H11NO3. The van der Waals surface area contributed by atoms with Crippen molar-refractivity contribution in [2.45, 2.75) is 0 Å². The first-order valence-corrected chi connectivity index (χ1v) is 3.46. The van der Waals surface area contributed by atoms with Crippen molar-refractivity contribution in [1.29, 1.82) is 0 Å². The first kappa shape index (κ1) is 11.5. The second kappa shape index (κ2) is 4.51. The van der Waals surface area contributed by atoms with Crippen molar-refractivity contribution >= 4 is 5.91 Å². The SMILES string of the molecule is C=CC=C(C=C)[N+]([O-])(O)C(=O)C=C. The maximum absolute atomic E-state index is 11.2. The molecule has 0 spiro atoms. The highest BCUT2D eigenvalue weighted by Gasteiger charge is 2.26. The van der Waals surface area contributed by atoms with Crippen LogP contribution in [-0.4, -0.2) is 15.9 Å². The molecule has 4 heteroatoms. The summed E-state index contributed by atoms with van der Waals surface area (Å²) in [6.07, 6.45) is 4.29. The fourth-order valence-corrected chi connectivity index (χ4v) is 0.665. The maximum Gasteiger partial charge on any atom is 0.375 e. The molecule has 0 aliphatic heterocycles. The van der Waals surface area contributed by atoms with Crippen molar-refractivity contribution in [3.63, 3.8) is 0 Å². The van der Waals surface area contributed by atoms with Gasteiger partial charge in [-0.25, -0.2) is 10.0 Å². The first-order valence-electron chi connectivity index (χ1n) is 3.46. The third kappa shape index (κ3) is 2.48. The largest absolute Gasteiger partial charge is 0.585 e. The van der Waals surface area contributed by atoms with E-state index in [9.17, 15) is 10.0 Å². The van der Waals surface area contributed by atoms with E-state index in [4.69, 9.17) is 5.21 Å². The van der Waals surface area contributed by atoms with E-state index < -0.39 is 10.7 Å². The number of amides is 1. The van der Waals surface area contributed by atoms with E-state index in [0.29, 0.717) is 0 Å². The van der Waals surface area contributed by atoms with E-state index in [1.54, 1.807) is 0 Å². The number of quaternary nitrogens is 1. The van der Waals surface area contributed by atoms with Crippen LogP contribution in [0.1, 0.15) is 0 Å². The molecule has 1 unspecified atom stereocenters. The summed E-state index contributed by atoms with van der Waals surface area (Å²) in [6.45, 7) is 9.70. The van der Waals surface area contributed by atoms with Gasteiger partial charge in [-0.05, 0) is 6.08 Å². The first-order chi connectivity index (χ1) is 6.00. The predicted molar refractivity (Wildman–Crippen MR) is 49.1 cm³/mol. The van der Waals surface area contributed by atoms with Crippen molar-refractivity contribution in [2.75, 3.05) is 0 Å². The molecule has 0 heterocycles. The van der Waals surface area contributed by atoms with Crippen LogP contribution >= 0.6 is 0 Å². The van der Waals surface area contributed by atoms with Crippen molar-refractivity contribution in [3.05, 3.63) is 54.9 Å². The third-order valence-electron chi connectivity index (χ3n) is 1.32. The Morgan fingerprint density at radius 1 is 1.31 bits per heavy atom. The second-order valence-corrected chi connectivity index (χ2v) is 2.15. The molecule has 0 aromatic heterocycles. The number of nitrogens with zero attached hydrogens (tertiary/aromatic N) is 1. The molecular weight excluding hydrogens is 170 g/mol. The monoisotopic (exact) mass is 181 g/mol. The van der Waals surface area contributed by atoms with Crippen LogP contribution < -0.4 is 0 Å². The van der Waals surface area contributed by atoms with Gasteiger partial charge >= 0.3 is 5.91 Å². The lowest BCUT2D eigenvalue weighted by atomic mass is 10.3. The zero-order valence-corrected chi connectivity index (χ0v) is 7.14. The topological polar surface area (TPSA) is 60.4 Å². The lowest BCUT2D eigenvalue weighted by molar-refractivity contribution is -0.963. The number of carbonyl (C=O) groups is 1. The molecule has 0 aromatic rings. The Hall–Kier alpha value is -1.49. The van der Waals surface area contributed by atoms with Crippen LogP contribution in [-0.2, 0) is 4.79 Å². The molecule has 0 aliphatic rings. The minimum absolute atomic E-state index is 0.208. The van der Waals surface area contributed by atoms with Crippen molar-refractivity contribution in [2.24, 2.45) is 0 Å². The quantitative estimate of drug-likeness (QED) is 0.236. The zero-order valence-electron chi connectivity index (χ0n) is 7.14. The van der Waals surface area contributed by atoms with Gasteiger partial charge in [-0.2, -0.15) is 0 Å². The summed E-state index contributed by atoms with van der Waals surface area (Å²) in [5.41, 5.74) is -0.208. The number of hydrogen-bond donors (Lipinski definition) is 1. The van der Waals surface area contributed by atoms with Gasteiger partial charge in [0.1, 0.15) is 0 Å². The molecule has 70 valence electrons. The van der Waals surface area contributed by atoms with Crippen molar-refractivity contribution in [3.8, 4) is 0 Å². The Morgan fingerprint density at radius 3 is 2.15 bits per heavy atom. The minimum atomic E-state index is -2.14. The molecule has 0 radical (unpaired) electrons. The van der Waals surface area contributed by atoms with Gasteiger partial charge in [-0.3, -0.25) is 0 Å². The Labute approximate surface area is 76.5 Å². The lowest BCUT2D eigenvalue weighted by Crippen LogP contribution is -2.41. The highest BCUT2D eigenvalue weighted by molar-refractivity contribution is 5.81. The Balaban J connectivity index is 5.09. The smallest absolute Gasteiger partial charge is 0.375 e. The van der Waals surface area contributed by atoms with Crippen molar-refractivity contribution in [1.82, 2.24) is 0 Å². The molecule has 4 nitrogen and oxygen atoms in total. The summed E-state index contributed by atoms with van der Waals surface area (Å²) in [5, 5.41) is 20.4. The lowest BCUT2D eigenvalue weighted by Gasteiger charge is -2.29. The van der Waals surface area contributed by atoms with Crippen LogP contribution in [0.25, 0.3) is 0 Å². The Kier molecular flexibility index (Phi) is 4.00. The molecule has 0 saturated carbocycles. The van der Waals surface area contributed by atoms with Gasteiger partial charge in [0.15, 0.2) is 5.70 Å². The summed E-state index contributed by atoms with van der Waals surface area (Å²) in [4.78, 5) is 8.74. The van der Waals surface area contributed by atoms with Gasteiger partial charge in [-0.1, -0.05) is 25.8 Å². The van der Waals surface area contributed by atoms with Gasteiger partial charge in [-0.15, -0.1) is 4.81 Å². The highest BCUT2D eigenvalue weighted by atomic mass is 16.8. The van der Waals surface area contributed by atoms with Gasteiger partial charge in [0.05, 0.1) is 0 Å². The van der Waals surface area contributed by atoms with E-state index >= 15 is 0 Å². The number of carbonyl (C=O) groups excluding carboxylic acids is 1. The van der Waals surface area contributed by atoms with Crippen LogP contribution in [0.2, 0.25) is 0 Å². The summed E-state index contributed by atoms with van der Waals surface area (Å²) < 4.78 is 0. The van der Waals surface area contributed by atoms with Crippen LogP contribution in [0, 0.1) is 5.21 Å². The molecule has 0 rings (SSSR count). The van der Waals surface area contributed by atoms with Crippen LogP contribution in [0.5, 0.6) is 0 Å². The fourth-order valence-electron chi connectivity index (χ4n) is 0.665. The number of hydroxylamine groups is 4. The summed E-state index contributed by atoms with van der Waals surface area (Å²) >= 11 is 0. The van der Waals surface area contributed by atoms with E-state index in [1.807, 2.05) is 0 Å². The molecule has 1 N–H and O–H groups in total. The van der Waals surface area contributed by atoms with Gasteiger partial charge < -0.3 is 5.21 Å². The summed E-state index contributed by atoms with van der Waals surface area (Å²) in [5.74, 6) is -1.08. The van der Waals surface area contributed by atoms with E-state index in [-0.39, 0.29) is 5.70 Å². The Morgan fingerprint density at radius 2 is 1.85 bits per heavy atom. The minimum Gasteiger partial charge on any atom is -0.585 e. The van der Waals surface area contributed by atoms with Crippen LogP contribution in [0.3, 0.4) is 0 Å².